The number of para-hydroxylation sites is 1. The topological polar surface area (TPSA) is 58.2 Å². The molecule has 0 aliphatic rings. The van der Waals surface area contributed by atoms with Gasteiger partial charge in [-0.15, -0.1) is 0 Å². The van der Waals surface area contributed by atoms with Crippen LogP contribution in [0.1, 0.15) is 30.0 Å². The minimum Gasteiger partial charge on any atom is -0.496 e. The third-order valence-electron chi connectivity index (χ3n) is 3.87. The van der Waals surface area contributed by atoms with Crippen LogP contribution in [-0.4, -0.2) is 35.6 Å². The molecule has 0 saturated heterocycles. The number of benzene rings is 1. The van der Waals surface area contributed by atoms with Crippen LogP contribution in [0, 0.1) is 6.92 Å². The molecule has 1 aromatic carbocycles. The van der Waals surface area contributed by atoms with E-state index in [0.29, 0.717) is 5.82 Å². The first-order valence-corrected chi connectivity index (χ1v) is 7.41. The van der Waals surface area contributed by atoms with Gasteiger partial charge < -0.3 is 9.72 Å². The lowest BCUT2D eigenvalue weighted by Gasteiger charge is -2.24. The SMILES string of the molecule is COc1ccccc1CCN(C)[C@H](C)c1nc(C)cc(=O)[nH]1. The Balaban J connectivity index is 2.05. The number of nitrogens with zero attached hydrogens (tertiary/aromatic N) is 2. The van der Waals surface area contributed by atoms with Crippen LogP contribution in [0.5, 0.6) is 5.75 Å². The van der Waals surface area contributed by atoms with Gasteiger partial charge in [0.15, 0.2) is 0 Å². The van der Waals surface area contributed by atoms with Gasteiger partial charge in [0, 0.05) is 18.3 Å². The molecule has 2 rings (SSSR count). The van der Waals surface area contributed by atoms with Gasteiger partial charge in [-0.25, -0.2) is 4.98 Å². The van der Waals surface area contributed by atoms with Crippen LogP contribution in [0.3, 0.4) is 0 Å². The first kappa shape index (κ1) is 16.2. The number of likely N-dealkylation sites (N-methyl/N-ethyl adjacent to an activating group) is 1. The summed E-state index contributed by atoms with van der Waals surface area (Å²) >= 11 is 0. The molecule has 0 bridgehead atoms. The van der Waals surface area contributed by atoms with E-state index in [2.05, 4.69) is 20.9 Å². The Morgan fingerprint density at radius 1 is 1.36 bits per heavy atom. The minimum absolute atomic E-state index is 0.0438. The second kappa shape index (κ2) is 7.22. The van der Waals surface area contributed by atoms with E-state index < -0.39 is 0 Å². The summed E-state index contributed by atoms with van der Waals surface area (Å²) in [5, 5.41) is 0. The Hall–Kier alpha value is -2.14. The van der Waals surface area contributed by atoms with E-state index in [-0.39, 0.29) is 11.6 Å². The van der Waals surface area contributed by atoms with Crippen molar-refractivity contribution in [3.8, 4) is 5.75 Å². The maximum Gasteiger partial charge on any atom is 0.251 e. The van der Waals surface area contributed by atoms with Crippen LogP contribution in [-0.2, 0) is 6.42 Å². The summed E-state index contributed by atoms with van der Waals surface area (Å²) in [4.78, 5) is 21.0. The number of nitrogens with one attached hydrogen (secondary N) is 1. The summed E-state index contributed by atoms with van der Waals surface area (Å²) in [6, 6.07) is 9.58. The van der Waals surface area contributed by atoms with Crippen molar-refractivity contribution in [2.75, 3.05) is 20.7 Å². The molecular weight excluding hydrogens is 278 g/mol. The van der Waals surface area contributed by atoms with E-state index in [9.17, 15) is 4.79 Å². The zero-order chi connectivity index (χ0) is 16.1. The third kappa shape index (κ3) is 3.95. The predicted octanol–water partition coefficient (Wildman–Crippen LogP) is 2.32. The van der Waals surface area contributed by atoms with Crippen molar-refractivity contribution in [1.82, 2.24) is 14.9 Å². The van der Waals surface area contributed by atoms with Gasteiger partial charge in [0.2, 0.25) is 0 Å². The molecule has 1 heterocycles. The zero-order valence-electron chi connectivity index (χ0n) is 13.6. The molecule has 0 amide bonds. The third-order valence-corrected chi connectivity index (χ3v) is 3.87. The van der Waals surface area contributed by atoms with Gasteiger partial charge in [-0.2, -0.15) is 0 Å². The molecule has 0 saturated carbocycles. The minimum atomic E-state index is -0.104. The highest BCUT2D eigenvalue weighted by Crippen LogP contribution is 2.20. The number of aromatic nitrogens is 2. The number of hydrogen-bond acceptors (Lipinski definition) is 4. The summed E-state index contributed by atoms with van der Waals surface area (Å²) in [5.41, 5.74) is 1.81. The average Bonchev–Trinajstić information content (AvgIpc) is 2.51. The van der Waals surface area contributed by atoms with Gasteiger partial charge in [0.25, 0.3) is 5.56 Å². The Bertz CT molecular complexity index is 682. The Morgan fingerprint density at radius 3 is 2.77 bits per heavy atom. The van der Waals surface area contributed by atoms with Crippen molar-refractivity contribution in [3.63, 3.8) is 0 Å². The highest BCUT2D eigenvalue weighted by molar-refractivity contribution is 5.33. The molecule has 5 heteroatoms. The maximum atomic E-state index is 11.6. The van der Waals surface area contributed by atoms with Crippen molar-refractivity contribution < 1.29 is 4.74 Å². The van der Waals surface area contributed by atoms with Crippen molar-refractivity contribution in [2.45, 2.75) is 26.3 Å². The molecule has 1 aromatic heterocycles. The number of aryl methyl sites for hydroxylation is 1. The first-order valence-electron chi connectivity index (χ1n) is 7.41. The van der Waals surface area contributed by atoms with Crippen LogP contribution in [0.2, 0.25) is 0 Å². The smallest absolute Gasteiger partial charge is 0.251 e. The molecule has 0 unspecified atom stereocenters. The van der Waals surface area contributed by atoms with E-state index in [1.807, 2.05) is 39.1 Å². The van der Waals surface area contributed by atoms with Gasteiger partial charge in [0.05, 0.1) is 13.2 Å². The quantitative estimate of drug-likeness (QED) is 0.889. The summed E-state index contributed by atoms with van der Waals surface area (Å²) in [6.07, 6.45) is 0.876. The number of rotatable bonds is 6. The Kier molecular flexibility index (Phi) is 5.33. The number of hydrogen-bond donors (Lipinski definition) is 1. The van der Waals surface area contributed by atoms with Gasteiger partial charge in [-0.05, 0) is 38.9 Å². The summed E-state index contributed by atoms with van der Waals surface area (Å²) in [6.45, 7) is 4.72. The fourth-order valence-corrected chi connectivity index (χ4v) is 2.41. The molecule has 2 aromatic rings. The van der Waals surface area contributed by atoms with Crippen LogP contribution in [0.4, 0.5) is 0 Å². The molecule has 0 aliphatic heterocycles. The van der Waals surface area contributed by atoms with Crippen LogP contribution >= 0.6 is 0 Å². The zero-order valence-corrected chi connectivity index (χ0v) is 13.6. The van der Waals surface area contributed by atoms with E-state index >= 15 is 0 Å². The highest BCUT2D eigenvalue weighted by Gasteiger charge is 2.15. The van der Waals surface area contributed by atoms with Crippen molar-refractivity contribution in [3.05, 3.63) is 57.8 Å². The largest absolute Gasteiger partial charge is 0.496 e. The highest BCUT2D eigenvalue weighted by atomic mass is 16.5. The van der Waals surface area contributed by atoms with E-state index in [1.54, 1.807) is 7.11 Å². The van der Waals surface area contributed by atoms with Gasteiger partial charge in [-0.1, -0.05) is 18.2 Å². The Morgan fingerprint density at radius 2 is 2.09 bits per heavy atom. The number of ether oxygens (including phenoxy) is 1. The lowest BCUT2D eigenvalue weighted by molar-refractivity contribution is 0.253. The molecule has 0 aliphatic carbocycles. The molecule has 5 nitrogen and oxygen atoms in total. The van der Waals surface area contributed by atoms with Crippen molar-refractivity contribution in [1.29, 1.82) is 0 Å². The molecule has 0 fully saturated rings. The fraction of sp³-hybridized carbons (Fsp3) is 0.412. The van der Waals surface area contributed by atoms with E-state index in [4.69, 9.17) is 4.74 Å². The average molecular weight is 301 g/mol. The second-order valence-electron chi connectivity index (χ2n) is 5.49. The summed E-state index contributed by atoms with van der Waals surface area (Å²) in [5.74, 6) is 1.61. The predicted molar refractivity (Wildman–Crippen MR) is 87.3 cm³/mol. The number of aromatic amines is 1. The maximum absolute atomic E-state index is 11.6. The van der Waals surface area contributed by atoms with Crippen LogP contribution < -0.4 is 10.3 Å². The van der Waals surface area contributed by atoms with Gasteiger partial charge in [0.1, 0.15) is 11.6 Å². The van der Waals surface area contributed by atoms with Crippen molar-refractivity contribution in [2.24, 2.45) is 0 Å². The van der Waals surface area contributed by atoms with Crippen LogP contribution in [0.15, 0.2) is 35.1 Å². The first-order chi connectivity index (χ1) is 10.5. The molecule has 0 spiro atoms. The Labute approximate surface area is 131 Å². The van der Waals surface area contributed by atoms with E-state index in [1.165, 1.54) is 11.6 Å². The van der Waals surface area contributed by atoms with Gasteiger partial charge in [-0.3, -0.25) is 9.69 Å². The number of methoxy groups -OCH3 is 1. The molecule has 22 heavy (non-hydrogen) atoms. The van der Waals surface area contributed by atoms with Crippen LogP contribution in [0.25, 0.3) is 0 Å². The van der Waals surface area contributed by atoms with E-state index in [0.717, 1.165) is 24.4 Å². The fourth-order valence-electron chi connectivity index (χ4n) is 2.41. The van der Waals surface area contributed by atoms with Gasteiger partial charge >= 0.3 is 0 Å². The number of H-pyrrole nitrogens is 1. The lowest BCUT2D eigenvalue weighted by Crippen LogP contribution is -2.28. The lowest BCUT2D eigenvalue weighted by atomic mass is 10.1. The molecule has 0 radical (unpaired) electrons. The molecule has 118 valence electrons. The molecule has 1 atom stereocenters. The summed E-state index contributed by atoms with van der Waals surface area (Å²) < 4.78 is 5.38. The second-order valence-corrected chi connectivity index (χ2v) is 5.49. The normalized spacial score (nSPS) is 12.4. The standard InChI is InChI=1S/C17H23N3O2/c1-12-11-16(21)19-17(18-12)13(2)20(3)10-9-14-7-5-6-8-15(14)22-4/h5-8,11,13H,9-10H2,1-4H3,(H,18,19,21)/t13-/m1/s1. The molecule has 1 N–H and O–H groups in total. The molecular formula is C17H23N3O2. The summed E-state index contributed by atoms with van der Waals surface area (Å²) in [7, 11) is 3.72. The monoisotopic (exact) mass is 301 g/mol. The van der Waals surface area contributed by atoms with Crippen molar-refractivity contribution >= 4 is 0 Å².